The first-order valence-electron chi connectivity index (χ1n) is 5.92. The Hall–Kier alpha value is -2.05. The van der Waals surface area contributed by atoms with Crippen LogP contribution in [0.3, 0.4) is 0 Å². The highest BCUT2D eigenvalue weighted by molar-refractivity contribution is 5.68. The largest absolute Gasteiger partial charge is 0.481 e. The molecule has 0 aliphatic heterocycles. The van der Waals surface area contributed by atoms with Crippen LogP contribution in [0.2, 0.25) is 0 Å². The zero-order valence-corrected chi connectivity index (χ0v) is 11.5. The molecule has 0 atom stereocenters. The van der Waals surface area contributed by atoms with Gasteiger partial charge in [0.05, 0.1) is 6.33 Å². The summed E-state index contributed by atoms with van der Waals surface area (Å²) < 4.78 is 4.95. The van der Waals surface area contributed by atoms with Crippen LogP contribution in [0.1, 0.15) is 33.6 Å². The van der Waals surface area contributed by atoms with Crippen molar-refractivity contribution < 1.29 is 19.4 Å². The van der Waals surface area contributed by atoms with E-state index < -0.39 is 17.7 Å². The Labute approximate surface area is 112 Å². The maximum atomic E-state index is 11.0. The van der Waals surface area contributed by atoms with Crippen molar-refractivity contribution in [3.8, 4) is 0 Å². The molecule has 19 heavy (non-hydrogen) atoms. The van der Waals surface area contributed by atoms with E-state index in [2.05, 4.69) is 15.3 Å². The van der Waals surface area contributed by atoms with Crippen molar-refractivity contribution >= 4 is 12.1 Å². The lowest BCUT2D eigenvalue weighted by molar-refractivity contribution is -0.137. The van der Waals surface area contributed by atoms with Crippen LogP contribution in [0.25, 0.3) is 0 Å². The topological polar surface area (TPSA) is 104 Å². The number of nitrogens with zero attached hydrogens (tertiary/aromatic N) is 1. The van der Waals surface area contributed by atoms with Gasteiger partial charge in [-0.25, -0.2) is 9.78 Å². The van der Waals surface area contributed by atoms with Crippen molar-refractivity contribution in [3.05, 3.63) is 18.7 Å². The van der Waals surface area contributed by atoms with Crippen LogP contribution in [-0.2, 0) is 9.53 Å². The molecule has 1 rings (SSSR count). The fraction of sp³-hybridized carbons (Fsp3) is 0.583. The number of carboxylic acid groups (broad SMARTS) is 1. The molecule has 0 fully saturated rings. The smallest absolute Gasteiger partial charge is 0.407 e. The van der Waals surface area contributed by atoms with E-state index in [0.29, 0.717) is 13.0 Å². The van der Waals surface area contributed by atoms with Gasteiger partial charge >= 0.3 is 12.1 Å². The Morgan fingerprint density at radius 2 is 2.11 bits per heavy atom. The second-order valence-corrected chi connectivity index (χ2v) is 4.69. The highest BCUT2D eigenvalue weighted by Gasteiger charge is 2.15. The minimum absolute atomic E-state index is 0.0514. The Morgan fingerprint density at radius 3 is 2.47 bits per heavy atom. The van der Waals surface area contributed by atoms with E-state index in [0.717, 1.165) is 0 Å². The van der Waals surface area contributed by atoms with E-state index in [-0.39, 0.29) is 6.42 Å². The van der Waals surface area contributed by atoms with Gasteiger partial charge in [-0.15, -0.1) is 0 Å². The first-order valence-corrected chi connectivity index (χ1v) is 5.92. The van der Waals surface area contributed by atoms with Crippen molar-refractivity contribution in [2.45, 2.75) is 39.2 Å². The molecule has 0 aliphatic carbocycles. The van der Waals surface area contributed by atoms with Gasteiger partial charge < -0.3 is 20.1 Å². The molecule has 0 saturated heterocycles. The molecule has 1 aromatic rings. The molecule has 1 aromatic heterocycles. The van der Waals surface area contributed by atoms with Gasteiger partial charge in [-0.3, -0.25) is 4.79 Å². The normalized spacial score (nSPS) is 10.1. The van der Waals surface area contributed by atoms with E-state index >= 15 is 0 Å². The van der Waals surface area contributed by atoms with Crippen LogP contribution < -0.4 is 5.32 Å². The van der Waals surface area contributed by atoms with Gasteiger partial charge in [0, 0.05) is 25.4 Å². The third kappa shape index (κ3) is 13.9. The second-order valence-electron chi connectivity index (χ2n) is 4.69. The fourth-order valence-corrected chi connectivity index (χ4v) is 0.959. The molecule has 108 valence electrons. The van der Waals surface area contributed by atoms with Crippen LogP contribution in [0, 0.1) is 0 Å². The van der Waals surface area contributed by atoms with Gasteiger partial charge in [0.2, 0.25) is 0 Å². The average molecular weight is 271 g/mol. The quantitative estimate of drug-likeness (QED) is 0.724. The minimum atomic E-state index is -0.865. The first kappa shape index (κ1) is 16.9. The van der Waals surface area contributed by atoms with Gasteiger partial charge in [-0.05, 0) is 27.2 Å². The molecule has 0 radical (unpaired) electrons. The average Bonchev–Trinajstić information content (AvgIpc) is 2.80. The molecule has 1 heterocycles. The number of carbonyl (C=O) groups is 2. The Morgan fingerprint density at radius 1 is 1.42 bits per heavy atom. The summed E-state index contributed by atoms with van der Waals surface area (Å²) in [6, 6.07) is 0. The summed E-state index contributed by atoms with van der Waals surface area (Å²) >= 11 is 0. The van der Waals surface area contributed by atoms with Gasteiger partial charge in [-0.2, -0.15) is 0 Å². The summed E-state index contributed by atoms with van der Waals surface area (Å²) in [6.07, 6.45) is 5.03. The summed E-state index contributed by atoms with van der Waals surface area (Å²) in [4.78, 5) is 27.6. The molecular weight excluding hydrogens is 250 g/mol. The molecule has 0 spiro atoms. The van der Waals surface area contributed by atoms with Gasteiger partial charge in [0.15, 0.2) is 0 Å². The van der Waals surface area contributed by atoms with E-state index in [4.69, 9.17) is 9.84 Å². The molecule has 3 N–H and O–H groups in total. The molecule has 7 heteroatoms. The van der Waals surface area contributed by atoms with E-state index in [1.54, 1.807) is 39.5 Å². The minimum Gasteiger partial charge on any atom is -0.481 e. The number of aromatic nitrogens is 2. The van der Waals surface area contributed by atoms with Crippen molar-refractivity contribution in [2.24, 2.45) is 0 Å². The number of hydrogen-bond donors (Lipinski definition) is 3. The summed E-state index contributed by atoms with van der Waals surface area (Å²) in [5.41, 5.74) is -0.517. The third-order valence-corrected chi connectivity index (χ3v) is 1.64. The van der Waals surface area contributed by atoms with Crippen LogP contribution in [-0.4, -0.2) is 39.3 Å². The summed E-state index contributed by atoms with van der Waals surface area (Å²) in [5.74, 6) is -0.865. The third-order valence-electron chi connectivity index (χ3n) is 1.64. The number of rotatable bonds is 4. The molecule has 0 aromatic carbocycles. The monoisotopic (exact) mass is 271 g/mol. The standard InChI is InChI=1S/C9H17NO4.C3H4N2/c1-9(2,3)14-8(13)10-6-4-5-7(11)12;1-2-5-3-4-1/h4-6H2,1-3H3,(H,10,13)(H,11,12);1-3H,(H,4,5). The maximum Gasteiger partial charge on any atom is 0.407 e. The first-order chi connectivity index (χ1) is 8.81. The van der Waals surface area contributed by atoms with Gasteiger partial charge in [-0.1, -0.05) is 0 Å². The molecular formula is C12H21N3O4. The van der Waals surface area contributed by atoms with E-state index in [9.17, 15) is 9.59 Å². The Balaban J connectivity index is 0.000000532. The van der Waals surface area contributed by atoms with E-state index in [1.807, 2.05) is 0 Å². The van der Waals surface area contributed by atoms with Crippen LogP contribution in [0.4, 0.5) is 4.79 Å². The number of hydrogen-bond acceptors (Lipinski definition) is 4. The van der Waals surface area contributed by atoms with Gasteiger partial charge in [0.25, 0.3) is 0 Å². The van der Waals surface area contributed by atoms with Crippen molar-refractivity contribution in [2.75, 3.05) is 6.54 Å². The zero-order chi connectivity index (χ0) is 14.7. The van der Waals surface area contributed by atoms with Gasteiger partial charge in [0.1, 0.15) is 5.60 Å². The summed E-state index contributed by atoms with van der Waals surface area (Å²) in [5, 5.41) is 10.8. The predicted octanol–water partition coefficient (Wildman–Crippen LogP) is 1.79. The SMILES string of the molecule is CC(C)(C)OC(=O)NCCCC(=O)O.c1c[nH]cn1. The van der Waals surface area contributed by atoms with Crippen LogP contribution in [0.15, 0.2) is 18.7 Å². The highest BCUT2D eigenvalue weighted by Crippen LogP contribution is 2.06. The summed E-state index contributed by atoms with van der Waals surface area (Å²) in [6.45, 7) is 5.62. The molecule has 0 unspecified atom stereocenters. The van der Waals surface area contributed by atoms with Crippen molar-refractivity contribution in [1.82, 2.24) is 15.3 Å². The maximum absolute atomic E-state index is 11.0. The Bertz CT molecular complexity index is 340. The number of alkyl carbamates (subject to hydrolysis) is 1. The number of aromatic amines is 1. The molecule has 7 nitrogen and oxygen atoms in total. The van der Waals surface area contributed by atoms with Crippen LogP contribution in [0.5, 0.6) is 0 Å². The lowest BCUT2D eigenvalue weighted by Crippen LogP contribution is -2.33. The molecule has 1 amide bonds. The van der Waals surface area contributed by atoms with Crippen LogP contribution >= 0.6 is 0 Å². The number of imidazole rings is 1. The van der Waals surface area contributed by atoms with E-state index in [1.165, 1.54) is 0 Å². The number of carboxylic acids is 1. The van der Waals surface area contributed by atoms with Crippen molar-refractivity contribution in [3.63, 3.8) is 0 Å². The predicted molar refractivity (Wildman–Crippen MR) is 69.7 cm³/mol. The number of carbonyl (C=O) groups excluding carboxylic acids is 1. The lowest BCUT2D eigenvalue weighted by atomic mass is 10.2. The summed E-state index contributed by atoms with van der Waals surface area (Å²) in [7, 11) is 0. The molecule has 0 bridgehead atoms. The molecule has 0 saturated carbocycles. The highest BCUT2D eigenvalue weighted by atomic mass is 16.6. The number of amides is 1. The fourth-order valence-electron chi connectivity index (χ4n) is 0.959. The number of nitrogens with one attached hydrogen (secondary N) is 2. The number of aliphatic carboxylic acids is 1. The zero-order valence-electron chi connectivity index (χ0n) is 11.5. The number of ether oxygens (including phenoxy) is 1. The Kier molecular flexibility index (Phi) is 7.99. The second kappa shape index (κ2) is 8.96. The number of H-pyrrole nitrogens is 1. The molecule has 0 aliphatic rings. The lowest BCUT2D eigenvalue weighted by Gasteiger charge is -2.19. The van der Waals surface area contributed by atoms with Crippen molar-refractivity contribution in [1.29, 1.82) is 0 Å².